The summed E-state index contributed by atoms with van der Waals surface area (Å²) in [5.74, 6) is -1.17. The molecule has 0 N–H and O–H groups in total. The molecular weight excluding hydrogens is 350 g/mol. The summed E-state index contributed by atoms with van der Waals surface area (Å²) in [5, 5.41) is 7.90. The van der Waals surface area contributed by atoms with Gasteiger partial charge in [-0.2, -0.15) is 0 Å². The number of carbonyl (C=O) groups excluding carboxylic acids is 1. The lowest BCUT2D eigenvalue weighted by molar-refractivity contribution is 0.101. The van der Waals surface area contributed by atoms with Gasteiger partial charge in [-0.1, -0.05) is 11.8 Å². The minimum Gasteiger partial charge on any atom is -0.497 e. The fourth-order valence-electron chi connectivity index (χ4n) is 2.03. The third-order valence-electron chi connectivity index (χ3n) is 3.30. The van der Waals surface area contributed by atoms with Crippen LogP contribution in [0.25, 0.3) is 11.5 Å². The topological polar surface area (TPSA) is 65.2 Å². The van der Waals surface area contributed by atoms with E-state index in [9.17, 15) is 13.6 Å². The van der Waals surface area contributed by atoms with Gasteiger partial charge in [-0.25, -0.2) is 8.78 Å². The molecule has 0 bridgehead atoms. The van der Waals surface area contributed by atoms with Gasteiger partial charge >= 0.3 is 0 Å². The Hall–Kier alpha value is -2.74. The van der Waals surface area contributed by atoms with Crippen molar-refractivity contribution in [3.8, 4) is 17.2 Å². The first-order chi connectivity index (χ1) is 12.1. The van der Waals surface area contributed by atoms with Gasteiger partial charge in [0.1, 0.15) is 17.4 Å². The van der Waals surface area contributed by atoms with Gasteiger partial charge in [-0.3, -0.25) is 4.79 Å². The highest BCUT2D eigenvalue weighted by Crippen LogP contribution is 2.25. The fraction of sp³-hybridized carbons (Fsp3) is 0.118. The van der Waals surface area contributed by atoms with Gasteiger partial charge in [0.2, 0.25) is 5.89 Å². The zero-order valence-corrected chi connectivity index (χ0v) is 13.8. The van der Waals surface area contributed by atoms with Crippen molar-refractivity contribution in [3.05, 3.63) is 59.7 Å². The highest BCUT2D eigenvalue weighted by Gasteiger charge is 2.16. The monoisotopic (exact) mass is 362 g/mol. The number of nitrogens with zero attached hydrogens (tertiary/aromatic N) is 2. The number of benzene rings is 2. The number of thioether (sulfide) groups is 1. The summed E-state index contributed by atoms with van der Waals surface area (Å²) >= 11 is 0.957. The van der Waals surface area contributed by atoms with Crippen molar-refractivity contribution < 1.29 is 22.7 Å². The van der Waals surface area contributed by atoms with Crippen LogP contribution in [0.15, 0.2) is 52.1 Å². The van der Waals surface area contributed by atoms with Gasteiger partial charge in [-0.05, 0) is 42.5 Å². The van der Waals surface area contributed by atoms with Crippen molar-refractivity contribution in [1.29, 1.82) is 0 Å². The van der Waals surface area contributed by atoms with Crippen molar-refractivity contribution in [2.75, 3.05) is 12.9 Å². The van der Waals surface area contributed by atoms with E-state index in [-0.39, 0.29) is 22.4 Å². The Bertz CT molecular complexity index is 897. The second-order valence-electron chi connectivity index (χ2n) is 4.94. The average molecular weight is 362 g/mol. The second kappa shape index (κ2) is 7.43. The molecule has 2 aromatic carbocycles. The fourth-order valence-corrected chi connectivity index (χ4v) is 2.68. The number of ketones is 1. The molecule has 0 amide bonds. The van der Waals surface area contributed by atoms with Gasteiger partial charge in [0.25, 0.3) is 5.22 Å². The van der Waals surface area contributed by atoms with Crippen LogP contribution in [0.4, 0.5) is 8.78 Å². The number of aromatic nitrogens is 2. The molecule has 0 spiro atoms. The van der Waals surface area contributed by atoms with E-state index in [4.69, 9.17) is 9.15 Å². The zero-order chi connectivity index (χ0) is 17.8. The van der Waals surface area contributed by atoms with Crippen LogP contribution in [0.3, 0.4) is 0 Å². The first-order valence-corrected chi connectivity index (χ1v) is 8.14. The minimum atomic E-state index is -0.767. The van der Waals surface area contributed by atoms with Gasteiger partial charge in [0.15, 0.2) is 5.78 Å². The molecule has 0 aliphatic carbocycles. The van der Waals surface area contributed by atoms with E-state index in [2.05, 4.69) is 10.2 Å². The van der Waals surface area contributed by atoms with Gasteiger partial charge < -0.3 is 9.15 Å². The number of carbonyl (C=O) groups is 1. The Morgan fingerprint density at radius 2 is 1.92 bits per heavy atom. The first kappa shape index (κ1) is 17.1. The summed E-state index contributed by atoms with van der Waals surface area (Å²) in [7, 11) is 1.56. The Morgan fingerprint density at radius 1 is 1.16 bits per heavy atom. The van der Waals surface area contributed by atoms with Crippen LogP contribution in [0.5, 0.6) is 5.75 Å². The number of methoxy groups -OCH3 is 1. The number of hydrogen-bond acceptors (Lipinski definition) is 6. The molecule has 8 heteroatoms. The smallest absolute Gasteiger partial charge is 0.277 e. The van der Waals surface area contributed by atoms with Crippen LogP contribution in [-0.2, 0) is 0 Å². The third kappa shape index (κ3) is 4.03. The number of rotatable bonds is 6. The molecule has 0 atom stereocenters. The molecule has 1 aromatic heterocycles. The Balaban J connectivity index is 1.67. The maximum absolute atomic E-state index is 13.6. The van der Waals surface area contributed by atoms with Gasteiger partial charge in [-0.15, -0.1) is 10.2 Å². The molecule has 3 rings (SSSR count). The number of hydrogen-bond donors (Lipinski definition) is 0. The van der Waals surface area contributed by atoms with Crippen LogP contribution in [0, 0.1) is 11.6 Å². The molecule has 3 aromatic rings. The van der Waals surface area contributed by atoms with Crippen LogP contribution >= 0.6 is 11.8 Å². The van der Waals surface area contributed by atoms with Crippen LogP contribution in [-0.4, -0.2) is 28.8 Å². The quantitative estimate of drug-likeness (QED) is 0.488. The van der Waals surface area contributed by atoms with E-state index in [0.29, 0.717) is 11.3 Å². The van der Waals surface area contributed by atoms with E-state index in [0.717, 1.165) is 30.0 Å². The van der Waals surface area contributed by atoms with Gasteiger partial charge in [0.05, 0.1) is 18.4 Å². The highest BCUT2D eigenvalue weighted by molar-refractivity contribution is 7.99. The maximum atomic E-state index is 13.6. The van der Waals surface area contributed by atoms with Crippen molar-refractivity contribution >= 4 is 17.5 Å². The predicted octanol–water partition coefficient (Wildman–Crippen LogP) is 4.00. The minimum absolute atomic E-state index is 0.148. The summed E-state index contributed by atoms with van der Waals surface area (Å²) in [4.78, 5) is 12.0. The molecule has 0 fully saturated rings. The molecule has 25 heavy (non-hydrogen) atoms. The summed E-state index contributed by atoms with van der Waals surface area (Å²) in [6.07, 6.45) is 0. The molecule has 0 aliphatic rings. The molecule has 0 saturated carbocycles. The summed E-state index contributed by atoms with van der Waals surface area (Å²) in [6, 6.07) is 9.77. The van der Waals surface area contributed by atoms with Crippen LogP contribution in [0.1, 0.15) is 10.4 Å². The maximum Gasteiger partial charge on any atom is 0.277 e. The lowest BCUT2D eigenvalue weighted by Crippen LogP contribution is -2.06. The van der Waals surface area contributed by atoms with Crippen molar-refractivity contribution in [1.82, 2.24) is 10.2 Å². The van der Waals surface area contributed by atoms with Gasteiger partial charge in [0, 0.05) is 5.56 Å². The van der Waals surface area contributed by atoms with Crippen molar-refractivity contribution in [2.24, 2.45) is 0 Å². The molecule has 0 aliphatic heterocycles. The largest absolute Gasteiger partial charge is 0.497 e. The molecular formula is C17H12F2N2O3S. The predicted molar refractivity (Wildman–Crippen MR) is 87.7 cm³/mol. The van der Waals surface area contributed by atoms with E-state index < -0.39 is 17.4 Å². The second-order valence-corrected chi connectivity index (χ2v) is 5.86. The lowest BCUT2D eigenvalue weighted by Gasteiger charge is -2.01. The lowest BCUT2D eigenvalue weighted by atomic mass is 10.1. The molecule has 128 valence electrons. The SMILES string of the molecule is COc1ccc(-c2nnc(SCC(=O)c3cc(F)ccc3F)o2)cc1. The summed E-state index contributed by atoms with van der Waals surface area (Å²) < 4.78 is 37.2. The molecule has 0 saturated heterocycles. The molecule has 5 nitrogen and oxygen atoms in total. The Kier molecular flexibility index (Phi) is 5.08. The molecule has 0 unspecified atom stereocenters. The number of Topliss-reactive ketones (excluding diaryl/α,β-unsaturated/α-hetero) is 1. The van der Waals surface area contributed by atoms with E-state index >= 15 is 0 Å². The standard InChI is InChI=1S/C17H12F2N2O3S/c1-23-12-5-2-10(3-6-12)16-20-21-17(24-16)25-9-15(22)13-8-11(18)4-7-14(13)19/h2-8H,9H2,1H3. The zero-order valence-electron chi connectivity index (χ0n) is 13.0. The summed E-state index contributed by atoms with van der Waals surface area (Å²) in [6.45, 7) is 0. The van der Waals surface area contributed by atoms with E-state index in [1.165, 1.54) is 0 Å². The number of ether oxygens (including phenoxy) is 1. The van der Waals surface area contributed by atoms with E-state index in [1.54, 1.807) is 31.4 Å². The average Bonchev–Trinajstić information content (AvgIpc) is 3.11. The Morgan fingerprint density at radius 3 is 2.64 bits per heavy atom. The number of halogens is 2. The van der Waals surface area contributed by atoms with Crippen LogP contribution < -0.4 is 4.74 Å². The first-order valence-electron chi connectivity index (χ1n) is 7.16. The van der Waals surface area contributed by atoms with Crippen molar-refractivity contribution in [3.63, 3.8) is 0 Å². The Labute approximate surface area is 146 Å². The summed E-state index contributed by atoms with van der Waals surface area (Å²) in [5.41, 5.74) is 0.394. The normalized spacial score (nSPS) is 10.7. The molecule has 1 heterocycles. The third-order valence-corrected chi connectivity index (χ3v) is 4.12. The van der Waals surface area contributed by atoms with Crippen molar-refractivity contribution in [2.45, 2.75) is 5.22 Å². The molecule has 0 radical (unpaired) electrons. The van der Waals surface area contributed by atoms with E-state index in [1.807, 2.05) is 0 Å². The highest BCUT2D eigenvalue weighted by atomic mass is 32.2. The van der Waals surface area contributed by atoms with Crippen LogP contribution in [0.2, 0.25) is 0 Å².